The van der Waals surface area contributed by atoms with Crippen molar-refractivity contribution < 1.29 is 9.53 Å². The van der Waals surface area contributed by atoms with Crippen LogP contribution >= 0.6 is 0 Å². The summed E-state index contributed by atoms with van der Waals surface area (Å²) in [5.41, 5.74) is 2.22. The van der Waals surface area contributed by atoms with Gasteiger partial charge in [-0.25, -0.2) is 0 Å². The highest BCUT2D eigenvalue weighted by atomic mass is 16.5. The van der Waals surface area contributed by atoms with Crippen molar-refractivity contribution >= 4 is 16.8 Å². The topological polar surface area (TPSA) is 67.0 Å². The summed E-state index contributed by atoms with van der Waals surface area (Å²) in [7, 11) is 1.62. The summed E-state index contributed by atoms with van der Waals surface area (Å²) in [6, 6.07) is 13.1. The number of methoxy groups -OCH3 is 1. The zero-order valence-corrected chi connectivity index (χ0v) is 11.6. The van der Waals surface area contributed by atoms with Gasteiger partial charge in [-0.15, -0.1) is 0 Å². The first-order valence-electron chi connectivity index (χ1n) is 6.61. The number of aromatic amines is 1. The monoisotopic (exact) mass is 281 g/mol. The van der Waals surface area contributed by atoms with E-state index >= 15 is 0 Å². The van der Waals surface area contributed by atoms with Gasteiger partial charge in [-0.3, -0.25) is 9.78 Å². The largest absolute Gasteiger partial charge is 0.497 e. The van der Waals surface area contributed by atoms with Crippen LogP contribution in [0.4, 0.5) is 0 Å². The lowest BCUT2D eigenvalue weighted by atomic mass is 10.2. The van der Waals surface area contributed by atoms with Crippen LogP contribution in [0.15, 0.2) is 48.7 Å². The maximum absolute atomic E-state index is 12.1. The molecule has 2 aromatic heterocycles. The summed E-state index contributed by atoms with van der Waals surface area (Å²) in [5, 5.41) is 3.81. The number of carbonyl (C=O) groups is 1. The van der Waals surface area contributed by atoms with Crippen molar-refractivity contribution in [1.29, 1.82) is 0 Å². The smallest absolute Gasteiger partial charge is 0.268 e. The number of hydrogen-bond acceptors (Lipinski definition) is 3. The van der Waals surface area contributed by atoms with Crippen molar-refractivity contribution in [2.75, 3.05) is 7.11 Å². The Kier molecular flexibility index (Phi) is 3.55. The lowest BCUT2D eigenvalue weighted by molar-refractivity contribution is 0.0946. The van der Waals surface area contributed by atoms with Crippen molar-refractivity contribution in [3.05, 3.63) is 60.0 Å². The van der Waals surface area contributed by atoms with E-state index in [1.54, 1.807) is 13.3 Å². The van der Waals surface area contributed by atoms with Crippen LogP contribution in [0.5, 0.6) is 5.75 Å². The number of nitrogens with zero attached hydrogens (tertiary/aromatic N) is 1. The quantitative estimate of drug-likeness (QED) is 0.772. The third kappa shape index (κ3) is 2.86. The van der Waals surface area contributed by atoms with Crippen LogP contribution in [0.25, 0.3) is 10.9 Å². The Morgan fingerprint density at radius 1 is 1.29 bits per heavy atom. The van der Waals surface area contributed by atoms with Crippen molar-refractivity contribution in [2.24, 2.45) is 0 Å². The van der Waals surface area contributed by atoms with E-state index in [2.05, 4.69) is 15.3 Å². The Morgan fingerprint density at radius 2 is 2.19 bits per heavy atom. The van der Waals surface area contributed by atoms with Gasteiger partial charge in [-0.05, 0) is 30.3 Å². The highest BCUT2D eigenvalue weighted by Gasteiger charge is 2.09. The van der Waals surface area contributed by atoms with Crippen molar-refractivity contribution in [3.8, 4) is 5.75 Å². The fraction of sp³-hybridized carbons (Fsp3) is 0.125. The van der Waals surface area contributed by atoms with Crippen LogP contribution in [0.2, 0.25) is 0 Å². The molecule has 0 bridgehead atoms. The molecule has 2 N–H and O–H groups in total. The standard InChI is InChI=1S/C16H15N3O2/c1-21-13-6-5-11-8-15(19-14(11)9-13)16(20)18-10-12-4-2-3-7-17-12/h2-9,19H,10H2,1H3,(H,18,20). The minimum atomic E-state index is -0.157. The van der Waals surface area contributed by atoms with E-state index in [1.807, 2.05) is 42.5 Å². The predicted molar refractivity (Wildman–Crippen MR) is 80.3 cm³/mol. The first kappa shape index (κ1) is 13.2. The van der Waals surface area contributed by atoms with Crippen LogP contribution in [0.3, 0.4) is 0 Å². The molecule has 0 saturated heterocycles. The number of aromatic nitrogens is 2. The van der Waals surface area contributed by atoms with Gasteiger partial charge in [0.25, 0.3) is 5.91 Å². The molecule has 1 amide bonds. The number of carbonyl (C=O) groups excluding carboxylic acids is 1. The Hall–Kier alpha value is -2.82. The summed E-state index contributed by atoms with van der Waals surface area (Å²) >= 11 is 0. The maximum Gasteiger partial charge on any atom is 0.268 e. The number of ether oxygens (including phenoxy) is 1. The molecule has 0 spiro atoms. The molecular weight excluding hydrogens is 266 g/mol. The summed E-state index contributed by atoms with van der Waals surface area (Å²) in [6.45, 7) is 0.401. The molecule has 21 heavy (non-hydrogen) atoms. The Balaban J connectivity index is 1.75. The van der Waals surface area contributed by atoms with Gasteiger partial charge in [0.15, 0.2) is 0 Å². The molecule has 0 radical (unpaired) electrons. The first-order chi connectivity index (χ1) is 10.3. The van der Waals surface area contributed by atoms with Gasteiger partial charge in [0.2, 0.25) is 0 Å². The maximum atomic E-state index is 12.1. The molecule has 3 aromatic rings. The van der Waals surface area contributed by atoms with Gasteiger partial charge in [0.05, 0.1) is 19.3 Å². The molecule has 0 atom stereocenters. The van der Waals surface area contributed by atoms with Crippen LogP contribution in [-0.4, -0.2) is 23.0 Å². The second-order valence-electron chi connectivity index (χ2n) is 4.64. The number of rotatable bonds is 4. The molecule has 106 valence electrons. The van der Waals surface area contributed by atoms with Crippen LogP contribution in [0.1, 0.15) is 16.2 Å². The van der Waals surface area contributed by atoms with E-state index in [0.717, 1.165) is 22.3 Å². The molecule has 1 aromatic carbocycles. The van der Waals surface area contributed by atoms with E-state index in [4.69, 9.17) is 4.74 Å². The van der Waals surface area contributed by atoms with Crippen LogP contribution < -0.4 is 10.1 Å². The molecule has 0 unspecified atom stereocenters. The molecule has 0 fully saturated rings. The van der Waals surface area contributed by atoms with E-state index < -0.39 is 0 Å². The molecule has 3 rings (SSSR count). The van der Waals surface area contributed by atoms with E-state index in [0.29, 0.717) is 12.2 Å². The summed E-state index contributed by atoms with van der Waals surface area (Å²) < 4.78 is 5.17. The molecule has 0 aliphatic carbocycles. The molecule has 5 heteroatoms. The van der Waals surface area contributed by atoms with Gasteiger partial charge in [-0.1, -0.05) is 6.07 Å². The molecular formula is C16H15N3O2. The van der Waals surface area contributed by atoms with Gasteiger partial charge >= 0.3 is 0 Å². The zero-order valence-electron chi connectivity index (χ0n) is 11.6. The average molecular weight is 281 g/mol. The normalized spacial score (nSPS) is 10.5. The first-order valence-corrected chi connectivity index (χ1v) is 6.61. The number of pyridine rings is 1. The fourth-order valence-electron chi connectivity index (χ4n) is 2.12. The minimum Gasteiger partial charge on any atom is -0.497 e. The van der Waals surface area contributed by atoms with Gasteiger partial charge < -0.3 is 15.0 Å². The Labute approximate surface area is 122 Å². The zero-order chi connectivity index (χ0) is 14.7. The number of fused-ring (bicyclic) bond motifs is 1. The number of H-pyrrole nitrogens is 1. The molecule has 2 heterocycles. The summed E-state index contributed by atoms with van der Waals surface area (Å²) in [4.78, 5) is 19.4. The van der Waals surface area contributed by atoms with Crippen LogP contribution in [-0.2, 0) is 6.54 Å². The van der Waals surface area contributed by atoms with Gasteiger partial charge in [-0.2, -0.15) is 0 Å². The SMILES string of the molecule is COc1ccc2cc(C(=O)NCc3ccccn3)[nH]c2c1. The lowest BCUT2D eigenvalue weighted by Gasteiger charge is -2.02. The Bertz CT molecular complexity index is 766. The second kappa shape index (κ2) is 5.66. The fourth-order valence-corrected chi connectivity index (χ4v) is 2.12. The molecule has 0 aliphatic heterocycles. The number of amides is 1. The lowest BCUT2D eigenvalue weighted by Crippen LogP contribution is -2.23. The van der Waals surface area contributed by atoms with Crippen molar-refractivity contribution in [2.45, 2.75) is 6.54 Å². The minimum absolute atomic E-state index is 0.157. The van der Waals surface area contributed by atoms with Crippen molar-refractivity contribution in [1.82, 2.24) is 15.3 Å². The van der Waals surface area contributed by atoms with E-state index in [1.165, 1.54) is 0 Å². The highest BCUT2D eigenvalue weighted by molar-refractivity contribution is 5.98. The second-order valence-corrected chi connectivity index (χ2v) is 4.64. The molecule has 0 saturated carbocycles. The van der Waals surface area contributed by atoms with E-state index in [-0.39, 0.29) is 5.91 Å². The number of benzene rings is 1. The Morgan fingerprint density at radius 3 is 2.95 bits per heavy atom. The van der Waals surface area contributed by atoms with Gasteiger partial charge in [0.1, 0.15) is 11.4 Å². The third-order valence-electron chi connectivity index (χ3n) is 3.23. The summed E-state index contributed by atoms with van der Waals surface area (Å²) in [5.74, 6) is 0.598. The van der Waals surface area contributed by atoms with Crippen LogP contribution in [0, 0.1) is 0 Å². The van der Waals surface area contributed by atoms with Crippen molar-refractivity contribution in [3.63, 3.8) is 0 Å². The molecule has 0 aliphatic rings. The highest BCUT2D eigenvalue weighted by Crippen LogP contribution is 2.21. The summed E-state index contributed by atoms with van der Waals surface area (Å²) in [6.07, 6.45) is 1.71. The number of nitrogens with one attached hydrogen (secondary N) is 2. The third-order valence-corrected chi connectivity index (χ3v) is 3.23. The molecule has 5 nitrogen and oxygen atoms in total. The van der Waals surface area contributed by atoms with Gasteiger partial charge in [0, 0.05) is 23.2 Å². The average Bonchev–Trinajstić information content (AvgIpc) is 2.96. The number of hydrogen-bond donors (Lipinski definition) is 2. The van der Waals surface area contributed by atoms with E-state index in [9.17, 15) is 4.79 Å². The predicted octanol–water partition coefficient (Wildman–Crippen LogP) is 2.50.